The fourth-order valence-electron chi connectivity index (χ4n) is 2.07. The summed E-state index contributed by atoms with van der Waals surface area (Å²) < 4.78 is 31.4. The predicted octanol–water partition coefficient (Wildman–Crippen LogP) is 3.46. The second-order valence-corrected chi connectivity index (χ2v) is 5.77. The summed E-state index contributed by atoms with van der Waals surface area (Å²) in [4.78, 5) is 30.4. The van der Waals surface area contributed by atoms with Crippen LogP contribution in [0.2, 0.25) is 0 Å². The fraction of sp³-hybridized carbons (Fsp3) is 0.0625. The van der Waals surface area contributed by atoms with Crippen molar-refractivity contribution in [3.63, 3.8) is 0 Å². The Morgan fingerprint density at radius 1 is 1.28 bits per heavy atom. The topological polar surface area (TPSA) is 84.1 Å². The third-order valence-corrected chi connectivity index (χ3v) is 4.04. The average molecular weight is 363 g/mol. The molecule has 3 aromatic rings. The van der Waals surface area contributed by atoms with E-state index in [0.29, 0.717) is 11.3 Å². The summed E-state index contributed by atoms with van der Waals surface area (Å²) >= 11 is 1.11. The van der Waals surface area contributed by atoms with E-state index in [1.807, 2.05) is 0 Å². The molecule has 1 aromatic carbocycles. The van der Waals surface area contributed by atoms with Gasteiger partial charge in [-0.2, -0.15) is 0 Å². The second-order valence-electron chi connectivity index (χ2n) is 4.91. The number of halogens is 2. The van der Waals surface area contributed by atoms with Crippen LogP contribution < -0.4 is 5.32 Å². The molecule has 0 saturated heterocycles. The normalized spacial score (nSPS) is 10.5. The van der Waals surface area contributed by atoms with Gasteiger partial charge in [0.1, 0.15) is 17.3 Å². The number of anilines is 1. The van der Waals surface area contributed by atoms with Gasteiger partial charge in [-0.3, -0.25) is 10.1 Å². The van der Waals surface area contributed by atoms with Gasteiger partial charge in [-0.25, -0.2) is 18.6 Å². The Morgan fingerprint density at radius 2 is 2.08 bits per heavy atom. The SMILES string of the molecule is COC(=O)c1cc(-c2csc(NC(=O)c3cc(F)ccc3F)n2)c[nH]1. The maximum Gasteiger partial charge on any atom is 0.354 e. The largest absolute Gasteiger partial charge is 0.464 e. The molecule has 0 unspecified atom stereocenters. The number of esters is 1. The molecule has 0 aliphatic rings. The lowest BCUT2D eigenvalue weighted by Gasteiger charge is -2.03. The molecule has 0 aliphatic heterocycles. The molecular weight excluding hydrogens is 352 g/mol. The van der Waals surface area contributed by atoms with E-state index in [1.54, 1.807) is 17.6 Å². The lowest BCUT2D eigenvalue weighted by molar-refractivity contribution is 0.0594. The Morgan fingerprint density at radius 3 is 2.84 bits per heavy atom. The van der Waals surface area contributed by atoms with Crippen molar-refractivity contribution in [3.8, 4) is 11.3 Å². The van der Waals surface area contributed by atoms with Gasteiger partial charge in [-0.05, 0) is 24.3 Å². The fourth-order valence-corrected chi connectivity index (χ4v) is 2.78. The van der Waals surface area contributed by atoms with Crippen LogP contribution in [-0.4, -0.2) is 29.0 Å². The first-order valence-corrected chi connectivity index (χ1v) is 7.85. The van der Waals surface area contributed by atoms with E-state index in [-0.39, 0.29) is 10.8 Å². The van der Waals surface area contributed by atoms with Gasteiger partial charge in [-0.15, -0.1) is 11.3 Å². The van der Waals surface area contributed by atoms with E-state index < -0.39 is 29.1 Å². The third kappa shape index (κ3) is 3.56. The first-order chi connectivity index (χ1) is 12.0. The summed E-state index contributed by atoms with van der Waals surface area (Å²) in [6.45, 7) is 0. The number of amides is 1. The minimum absolute atomic E-state index is 0.212. The number of ether oxygens (including phenoxy) is 1. The number of nitrogens with one attached hydrogen (secondary N) is 2. The van der Waals surface area contributed by atoms with Crippen LogP contribution in [0.4, 0.5) is 13.9 Å². The number of rotatable bonds is 4. The number of aromatic amines is 1. The number of thiazole rings is 1. The number of H-pyrrole nitrogens is 1. The molecule has 2 aromatic heterocycles. The number of nitrogens with zero attached hydrogens (tertiary/aromatic N) is 1. The third-order valence-electron chi connectivity index (χ3n) is 3.28. The molecule has 3 rings (SSSR count). The predicted molar refractivity (Wildman–Crippen MR) is 87.6 cm³/mol. The molecule has 2 heterocycles. The minimum Gasteiger partial charge on any atom is -0.464 e. The van der Waals surface area contributed by atoms with Crippen molar-refractivity contribution in [2.75, 3.05) is 12.4 Å². The number of benzene rings is 1. The lowest BCUT2D eigenvalue weighted by Crippen LogP contribution is -2.13. The smallest absolute Gasteiger partial charge is 0.354 e. The van der Waals surface area contributed by atoms with Gasteiger partial charge < -0.3 is 9.72 Å². The molecule has 128 valence electrons. The number of hydrogen-bond acceptors (Lipinski definition) is 5. The average Bonchev–Trinajstić information content (AvgIpc) is 3.25. The standard InChI is InChI=1S/C16H11F2N3O3S/c1-24-15(23)12-4-8(6-19-12)13-7-25-16(20-13)21-14(22)10-5-9(17)2-3-11(10)18/h2-7,19H,1H3,(H,20,21,22). The van der Waals surface area contributed by atoms with Crippen molar-refractivity contribution < 1.29 is 23.1 Å². The van der Waals surface area contributed by atoms with Gasteiger partial charge in [0.25, 0.3) is 5.91 Å². The molecule has 25 heavy (non-hydrogen) atoms. The minimum atomic E-state index is -0.830. The number of methoxy groups -OCH3 is 1. The molecule has 0 saturated carbocycles. The van der Waals surface area contributed by atoms with Crippen molar-refractivity contribution in [3.05, 3.63) is 58.7 Å². The van der Waals surface area contributed by atoms with Crippen molar-refractivity contribution in [1.29, 1.82) is 0 Å². The van der Waals surface area contributed by atoms with E-state index in [9.17, 15) is 18.4 Å². The second kappa shape index (κ2) is 6.81. The van der Waals surface area contributed by atoms with Crippen LogP contribution in [0, 0.1) is 11.6 Å². The highest BCUT2D eigenvalue weighted by molar-refractivity contribution is 7.14. The van der Waals surface area contributed by atoms with Crippen LogP contribution >= 0.6 is 11.3 Å². The molecular formula is C16H11F2N3O3S. The van der Waals surface area contributed by atoms with Crippen LogP contribution in [0.15, 0.2) is 35.8 Å². The number of hydrogen-bond donors (Lipinski definition) is 2. The van der Waals surface area contributed by atoms with Crippen molar-refractivity contribution >= 4 is 28.3 Å². The monoisotopic (exact) mass is 363 g/mol. The molecule has 2 N–H and O–H groups in total. The molecule has 0 atom stereocenters. The first kappa shape index (κ1) is 16.8. The highest BCUT2D eigenvalue weighted by atomic mass is 32.1. The summed E-state index contributed by atoms with van der Waals surface area (Å²) in [6, 6.07) is 4.18. The van der Waals surface area contributed by atoms with Gasteiger partial charge in [0, 0.05) is 17.1 Å². The highest BCUT2D eigenvalue weighted by Crippen LogP contribution is 2.26. The first-order valence-electron chi connectivity index (χ1n) is 6.97. The van der Waals surface area contributed by atoms with Gasteiger partial charge in [0.05, 0.1) is 18.4 Å². The van der Waals surface area contributed by atoms with Crippen LogP contribution in [0.5, 0.6) is 0 Å². The summed E-state index contributed by atoms with van der Waals surface area (Å²) in [6.07, 6.45) is 1.57. The van der Waals surface area contributed by atoms with Crippen molar-refractivity contribution in [1.82, 2.24) is 9.97 Å². The molecule has 6 nitrogen and oxygen atoms in total. The number of aromatic nitrogens is 2. The number of carbonyl (C=O) groups is 2. The summed E-state index contributed by atoms with van der Waals surface area (Å²) in [5.41, 5.74) is 0.977. The van der Waals surface area contributed by atoms with Gasteiger partial charge >= 0.3 is 5.97 Å². The van der Waals surface area contributed by atoms with Crippen LogP contribution in [-0.2, 0) is 4.74 Å². The van der Waals surface area contributed by atoms with Crippen molar-refractivity contribution in [2.45, 2.75) is 0 Å². The van der Waals surface area contributed by atoms with Crippen LogP contribution in [0.1, 0.15) is 20.8 Å². The Kier molecular flexibility index (Phi) is 4.57. The van der Waals surface area contributed by atoms with E-state index in [1.165, 1.54) is 7.11 Å². The lowest BCUT2D eigenvalue weighted by atomic mass is 10.2. The number of carbonyl (C=O) groups excluding carboxylic acids is 2. The molecule has 0 spiro atoms. The van der Waals surface area contributed by atoms with Crippen molar-refractivity contribution in [2.24, 2.45) is 0 Å². The zero-order chi connectivity index (χ0) is 18.0. The molecule has 9 heteroatoms. The Labute approximate surface area is 144 Å². The molecule has 0 bridgehead atoms. The van der Waals surface area contributed by atoms with E-state index >= 15 is 0 Å². The molecule has 0 fully saturated rings. The van der Waals surface area contributed by atoms with Crippen LogP contribution in [0.25, 0.3) is 11.3 Å². The summed E-state index contributed by atoms with van der Waals surface area (Å²) in [5, 5.41) is 4.28. The van der Waals surface area contributed by atoms with Gasteiger partial charge in [0.15, 0.2) is 5.13 Å². The Balaban J connectivity index is 1.77. The quantitative estimate of drug-likeness (QED) is 0.696. The summed E-state index contributed by atoms with van der Waals surface area (Å²) in [7, 11) is 1.27. The van der Waals surface area contributed by atoms with E-state index in [4.69, 9.17) is 0 Å². The Bertz CT molecular complexity index is 952. The zero-order valence-electron chi connectivity index (χ0n) is 12.8. The van der Waals surface area contributed by atoms with E-state index in [2.05, 4.69) is 20.0 Å². The molecule has 1 amide bonds. The van der Waals surface area contributed by atoms with Gasteiger partial charge in [0.2, 0.25) is 0 Å². The maximum absolute atomic E-state index is 13.6. The highest BCUT2D eigenvalue weighted by Gasteiger charge is 2.16. The molecule has 0 aliphatic carbocycles. The Hall–Kier alpha value is -3.07. The summed E-state index contributed by atoms with van der Waals surface area (Å²) in [5.74, 6) is -2.86. The van der Waals surface area contributed by atoms with Crippen LogP contribution in [0.3, 0.4) is 0 Å². The van der Waals surface area contributed by atoms with E-state index in [0.717, 1.165) is 29.5 Å². The zero-order valence-corrected chi connectivity index (χ0v) is 13.6. The maximum atomic E-state index is 13.6. The van der Waals surface area contributed by atoms with Gasteiger partial charge in [-0.1, -0.05) is 0 Å². The molecule has 0 radical (unpaired) electrons.